The van der Waals surface area contributed by atoms with E-state index in [4.69, 9.17) is 4.74 Å². The Morgan fingerprint density at radius 1 is 1.25 bits per heavy atom. The van der Waals surface area contributed by atoms with Gasteiger partial charge in [0.2, 0.25) is 5.91 Å². The van der Waals surface area contributed by atoms with Crippen molar-refractivity contribution in [3.63, 3.8) is 0 Å². The smallest absolute Gasteiger partial charge is 0.254 e. The highest BCUT2D eigenvalue weighted by Crippen LogP contribution is 2.31. The fourth-order valence-corrected chi connectivity index (χ4v) is 3.28. The quantitative estimate of drug-likeness (QED) is 0.817. The zero-order valence-electron chi connectivity index (χ0n) is 15.7. The Morgan fingerprint density at radius 2 is 2.00 bits per heavy atom. The Hall–Kier alpha value is -2.64. The van der Waals surface area contributed by atoms with Crippen LogP contribution in [0.4, 0.5) is 10.1 Å². The molecule has 150 valence electrons. The molecule has 1 heterocycles. The van der Waals surface area contributed by atoms with Gasteiger partial charge >= 0.3 is 0 Å². The molecule has 1 aliphatic heterocycles. The summed E-state index contributed by atoms with van der Waals surface area (Å²) in [4.78, 5) is 26.2. The first-order chi connectivity index (χ1) is 13.0. The molecule has 0 radical (unpaired) electrons. The van der Waals surface area contributed by atoms with E-state index < -0.39 is 11.7 Å². The van der Waals surface area contributed by atoms with Crippen molar-refractivity contribution in [3.05, 3.63) is 59.4 Å². The number of nitrogens with one attached hydrogen (secondary N) is 2. The SMILES string of the molecule is COc1ccccc1C1CNCCN1C(=O)c1ccc(F)c(NC(C)=O)c1.Cl. The molecule has 3 rings (SSSR count). The lowest BCUT2D eigenvalue weighted by molar-refractivity contribution is -0.114. The van der Waals surface area contributed by atoms with Crippen LogP contribution < -0.4 is 15.4 Å². The van der Waals surface area contributed by atoms with Gasteiger partial charge in [-0.25, -0.2) is 4.39 Å². The molecule has 1 unspecified atom stereocenters. The number of hydrogen-bond donors (Lipinski definition) is 2. The first-order valence-electron chi connectivity index (χ1n) is 8.73. The average Bonchev–Trinajstić information content (AvgIpc) is 2.68. The summed E-state index contributed by atoms with van der Waals surface area (Å²) in [5.41, 5.74) is 1.23. The molecule has 1 fully saturated rings. The molecule has 2 aromatic rings. The summed E-state index contributed by atoms with van der Waals surface area (Å²) in [6.45, 7) is 3.05. The van der Waals surface area contributed by atoms with E-state index in [9.17, 15) is 14.0 Å². The number of benzene rings is 2. The zero-order valence-corrected chi connectivity index (χ0v) is 16.5. The van der Waals surface area contributed by atoms with E-state index in [0.29, 0.717) is 30.9 Å². The highest BCUT2D eigenvalue weighted by molar-refractivity contribution is 5.97. The first kappa shape index (κ1) is 21.7. The maximum Gasteiger partial charge on any atom is 0.254 e. The van der Waals surface area contributed by atoms with Gasteiger partial charge in [-0.1, -0.05) is 18.2 Å². The number of ether oxygens (including phenoxy) is 1. The Kier molecular flexibility index (Phi) is 7.37. The molecule has 2 N–H and O–H groups in total. The topological polar surface area (TPSA) is 70.7 Å². The number of rotatable bonds is 4. The van der Waals surface area contributed by atoms with E-state index >= 15 is 0 Å². The van der Waals surface area contributed by atoms with Crippen LogP contribution in [0.3, 0.4) is 0 Å². The van der Waals surface area contributed by atoms with Gasteiger partial charge in [-0.2, -0.15) is 0 Å². The molecule has 1 atom stereocenters. The van der Waals surface area contributed by atoms with Crippen molar-refractivity contribution in [2.24, 2.45) is 0 Å². The van der Waals surface area contributed by atoms with Crippen LogP contribution in [0.2, 0.25) is 0 Å². The van der Waals surface area contributed by atoms with Gasteiger partial charge in [0.25, 0.3) is 5.91 Å². The number of hydrogen-bond acceptors (Lipinski definition) is 4. The van der Waals surface area contributed by atoms with E-state index in [-0.39, 0.29) is 30.0 Å². The molecular formula is C20H23ClFN3O3. The summed E-state index contributed by atoms with van der Waals surface area (Å²) in [7, 11) is 1.60. The van der Waals surface area contributed by atoms with Crippen LogP contribution in [0.25, 0.3) is 0 Å². The van der Waals surface area contributed by atoms with Crippen molar-refractivity contribution >= 4 is 29.9 Å². The summed E-state index contributed by atoms with van der Waals surface area (Å²) >= 11 is 0. The Labute approximate surface area is 169 Å². The zero-order chi connectivity index (χ0) is 19.4. The monoisotopic (exact) mass is 407 g/mol. The van der Waals surface area contributed by atoms with Gasteiger partial charge in [-0.3, -0.25) is 9.59 Å². The lowest BCUT2D eigenvalue weighted by atomic mass is 10.0. The molecule has 0 aliphatic carbocycles. The lowest BCUT2D eigenvalue weighted by Crippen LogP contribution is -2.48. The van der Waals surface area contributed by atoms with E-state index in [1.807, 2.05) is 24.3 Å². The van der Waals surface area contributed by atoms with Gasteiger partial charge in [-0.05, 0) is 24.3 Å². The molecule has 0 saturated carbocycles. The average molecular weight is 408 g/mol. The minimum Gasteiger partial charge on any atom is -0.496 e. The highest BCUT2D eigenvalue weighted by Gasteiger charge is 2.30. The fraction of sp³-hybridized carbons (Fsp3) is 0.300. The molecule has 2 aromatic carbocycles. The number of piperazine rings is 1. The molecular weight excluding hydrogens is 385 g/mol. The predicted molar refractivity (Wildman–Crippen MR) is 108 cm³/mol. The Morgan fingerprint density at radius 3 is 2.71 bits per heavy atom. The van der Waals surface area contributed by atoms with Gasteiger partial charge in [0, 0.05) is 37.7 Å². The van der Waals surface area contributed by atoms with E-state index in [1.54, 1.807) is 12.0 Å². The van der Waals surface area contributed by atoms with Crippen LogP contribution >= 0.6 is 12.4 Å². The number of carbonyl (C=O) groups excluding carboxylic acids is 2. The second kappa shape index (κ2) is 9.52. The van der Waals surface area contributed by atoms with Crippen molar-refractivity contribution in [2.45, 2.75) is 13.0 Å². The molecule has 2 amide bonds. The first-order valence-corrected chi connectivity index (χ1v) is 8.73. The highest BCUT2D eigenvalue weighted by atomic mass is 35.5. The number of amides is 2. The van der Waals surface area contributed by atoms with Crippen molar-refractivity contribution < 1.29 is 18.7 Å². The van der Waals surface area contributed by atoms with Gasteiger partial charge in [0.15, 0.2) is 0 Å². The standard InChI is InChI=1S/C20H22FN3O3.ClH/c1-13(25)23-17-11-14(7-8-16(17)21)20(26)24-10-9-22-12-18(24)15-5-3-4-6-19(15)27-2;/h3-8,11,18,22H,9-10,12H2,1-2H3,(H,23,25);1H. The minimum absolute atomic E-state index is 0. The van der Waals surface area contributed by atoms with E-state index in [1.165, 1.54) is 25.1 Å². The largest absolute Gasteiger partial charge is 0.496 e. The molecule has 28 heavy (non-hydrogen) atoms. The number of carbonyl (C=O) groups is 2. The van der Waals surface area contributed by atoms with Crippen molar-refractivity contribution in [3.8, 4) is 5.75 Å². The predicted octanol–water partition coefficient (Wildman–Crippen LogP) is 3.00. The fourth-order valence-electron chi connectivity index (χ4n) is 3.28. The van der Waals surface area contributed by atoms with Gasteiger partial charge in [-0.15, -0.1) is 12.4 Å². The van der Waals surface area contributed by atoms with Gasteiger partial charge < -0.3 is 20.3 Å². The Bertz CT molecular complexity index is 862. The van der Waals surface area contributed by atoms with E-state index in [0.717, 1.165) is 5.56 Å². The van der Waals surface area contributed by atoms with Crippen LogP contribution in [0.15, 0.2) is 42.5 Å². The summed E-state index contributed by atoms with van der Waals surface area (Å²) in [6.07, 6.45) is 0. The molecule has 6 nitrogen and oxygen atoms in total. The van der Waals surface area contributed by atoms with Crippen LogP contribution in [0.1, 0.15) is 28.9 Å². The molecule has 0 spiro atoms. The molecule has 0 bridgehead atoms. The third-order valence-corrected chi connectivity index (χ3v) is 4.53. The summed E-state index contributed by atoms with van der Waals surface area (Å²) < 4.78 is 19.4. The van der Waals surface area contributed by atoms with E-state index in [2.05, 4.69) is 10.6 Å². The number of para-hydroxylation sites is 1. The number of methoxy groups -OCH3 is 1. The van der Waals surface area contributed by atoms with Gasteiger partial charge in [0.05, 0.1) is 18.8 Å². The number of anilines is 1. The normalized spacial score (nSPS) is 16.1. The maximum absolute atomic E-state index is 13.9. The summed E-state index contributed by atoms with van der Waals surface area (Å²) in [5, 5.41) is 5.72. The summed E-state index contributed by atoms with van der Waals surface area (Å²) in [6, 6.07) is 11.4. The third kappa shape index (κ3) is 4.61. The van der Waals surface area contributed by atoms with Crippen molar-refractivity contribution in [1.82, 2.24) is 10.2 Å². The van der Waals surface area contributed by atoms with Crippen LogP contribution in [-0.4, -0.2) is 43.5 Å². The van der Waals surface area contributed by atoms with Gasteiger partial charge in [0.1, 0.15) is 11.6 Å². The van der Waals surface area contributed by atoms with Crippen molar-refractivity contribution in [1.29, 1.82) is 0 Å². The second-order valence-electron chi connectivity index (χ2n) is 6.34. The van der Waals surface area contributed by atoms with Crippen LogP contribution in [0, 0.1) is 5.82 Å². The molecule has 0 aromatic heterocycles. The number of nitrogens with zero attached hydrogens (tertiary/aromatic N) is 1. The van der Waals surface area contributed by atoms with Crippen molar-refractivity contribution in [2.75, 3.05) is 32.1 Å². The molecule has 1 aliphatic rings. The van der Waals surface area contributed by atoms with Crippen LogP contribution in [-0.2, 0) is 4.79 Å². The summed E-state index contributed by atoms with van der Waals surface area (Å²) in [5.74, 6) is -0.489. The maximum atomic E-state index is 13.9. The second-order valence-corrected chi connectivity index (χ2v) is 6.34. The Balaban J connectivity index is 0.00000280. The minimum atomic E-state index is -0.580. The lowest BCUT2D eigenvalue weighted by Gasteiger charge is -2.37. The molecule has 1 saturated heterocycles. The van der Waals surface area contributed by atoms with Crippen LogP contribution in [0.5, 0.6) is 5.75 Å². The number of halogens is 2. The third-order valence-electron chi connectivity index (χ3n) is 4.53. The molecule has 8 heteroatoms.